The van der Waals surface area contributed by atoms with E-state index in [-0.39, 0.29) is 12.5 Å². The van der Waals surface area contributed by atoms with Gasteiger partial charge in [-0.3, -0.25) is 0 Å². The molecule has 1 rings (SSSR count). The number of aliphatic hydroxyl groups excluding tert-OH is 2. The molecule has 0 heterocycles. The van der Waals surface area contributed by atoms with Crippen molar-refractivity contribution in [3.8, 4) is 0 Å². The molecule has 0 aromatic carbocycles. The van der Waals surface area contributed by atoms with Crippen LogP contribution in [-0.2, 0) is 0 Å². The van der Waals surface area contributed by atoms with Crippen LogP contribution in [0.5, 0.6) is 0 Å². The highest BCUT2D eigenvalue weighted by atomic mass is 16.3. The summed E-state index contributed by atoms with van der Waals surface area (Å²) in [6, 6.07) is 0. The second-order valence-electron chi connectivity index (χ2n) is 3.47. The Balaban J connectivity index is 2.64. The third kappa shape index (κ3) is 1.96. The van der Waals surface area contributed by atoms with Crippen LogP contribution < -0.4 is 0 Å². The number of hydrogen-bond donors (Lipinski definition) is 2. The van der Waals surface area contributed by atoms with Crippen LogP contribution in [0.15, 0.2) is 23.8 Å². The smallest absolute Gasteiger partial charge is 0.0789 e. The maximum absolute atomic E-state index is 9.59. The Hall–Kier alpha value is -0.600. The fourth-order valence-electron chi connectivity index (χ4n) is 1.61. The van der Waals surface area contributed by atoms with Gasteiger partial charge in [0.1, 0.15) is 0 Å². The van der Waals surface area contributed by atoms with Crippen molar-refractivity contribution in [3.63, 3.8) is 0 Å². The molecule has 0 saturated heterocycles. The van der Waals surface area contributed by atoms with E-state index >= 15 is 0 Å². The highest BCUT2D eigenvalue weighted by Crippen LogP contribution is 2.28. The van der Waals surface area contributed by atoms with Crippen LogP contribution in [0.2, 0.25) is 0 Å². The van der Waals surface area contributed by atoms with Crippen LogP contribution in [0.25, 0.3) is 0 Å². The average Bonchev–Trinajstić information content (AvgIpc) is 2.03. The summed E-state index contributed by atoms with van der Waals surface area (Å²) < 4.78 is 0. The molecule has 2 nitrogen and oxygen atoms in total. The number of allylic oxidation sites excluding steroid dienone is 1. The molecule has 12 heavy (non-hydrogen) atoms. The first kappa shape index (κ1) is 9.49. The molecule has 68 valence electrons. The molecule has 0 aliphatic heterocycles. The van der Waals surface area contributed by atoms with Gasteiger partial charge in [0.15, 0.2) is 0 Å². The summed E-state index contributed by atoms with van der Waals surface area (Å²) in [7, 11) is 0. The van der Waals surface area contributed by atoms with E-state index in [1.807, 2.05) is 13.0 Å². The van der Waals surface area contributed by atoms with Crippen molar-refractivity contribution in [2.24, 2.45) is 5.92 Å². The molecule has 0 aromatic rings. The van der Waals surface area contributed by atoms with E-state index in [1.165, 1.54) is 5.57 Å². The van der Waals surface area contributed by atoms with Crippen LogP contribution in [0.1, 0.15) is 19.8 Å². The number of aliphatic hydroxyl groups is 2. The van der Waals surface area contributed by atoms with Crippen LogP contribution >= 0.6 is 0 Å². The summed E-state index contributed by atoms with van der Waals surface area (Å²) >= 11 is 0. The van der Waals surface area contributed by atoms with Crippen molar-refractivity contribution >= 4 is 0 Å². The molecule has 0 amide bonds. The number of rotatable bonds is 2. The Morgan fingerprint density at radius 1 is 1.75 bits per heavy atom. The molecular formula is C10H16O2. The SMILES string of the molecule is C=C(CO)[C@@H]1CCC(C)=C[C@H]1O. The zero-order chi connectivity index (χ0) is 9.14. The predicted molar refractivity (Wildman–Crippen MR) is 48.7 cm³/mol. The molecule has 0 radical (unpaired) electrons. The summed E-state index contributed by atoms with van der Waals surface area (Å²) in [6.45, 7) is 5.73. The van der Waals surface area contributed by atoms with Crippen LogP contribution in [0.4, 0.5) is 0 Å². The predicted octanol–water partition coefficient (Wildman–Crippen LogP) is 1.25. The molecule has 2 heteroatoms. The molecule has 2 atom stereocenters. The second-order valence-corrected chi connectivity index (χ2v) is 3.47. The van der Waals surface area contributed by atoms with Gasteiger partial charge in [-0.25, -0.2) is 0 Å². The second kappa shape index (κ2) is 3.87. The normalized spacial score (nSPS) is 29.8. The average molecular weight is 168 g/mol. The summed E-state index contributed by atoms with van der Waals surface area (Å²) in [6.07, 6.45) is 3.32. The van der Waals surface area contributed by atoms with Gasteiger partial charge in [-0.15, -0.1) is 0 Å². The van der Waals surface area contributed by atoms with Crippen molar-refractivity contribution in [1.82, 2.24) is 0 Å². The molecule has 1 aliphatic rings. The largest absolute Gasteiger partial charge is 0.392 e. The molecule has 0 spiro atoms. The fourth-order valence-corrected chi connectivity index (χ4v) is 1.61. The lowest BCUT2D eigenvalue weighted by molar-refractivity contribution is 0.148. The van der Waals surface area contributed by atoms with Gasteiger partial charge >= 0.3 is 0 Å². The van der Waals surface area contributed by atoms with Crippen molar-refractivity contribution in [1.29, 1.82) is 0 Å². The summed E-state index contributed by atoms with van der Waals surface area (Å²) in [5.74, 6) is 0.0544. The van der Waals surface area contributed by atoms with Gasteiger partial charge in [0.25, 0.3) is 0 Å². The minimum atomic E-state index is -0.446. The Labute approximate surface area is 73.2 Å². The number of hydrogen-bond acceptors (Lipinski definition) is 2. The van der Waals surface area contributed by atoms with Crippen LogP contribution in [-0.4, -0.2) is 22.9 Å². The van der Waals surface area contributed by atoms with Crippen molar-refractivity contribution in [2.75, 3.05) is 6.61 Å². The zero-order valence-corrected chi connectivity index (χ0v) is 7.45. The molecule has 0 aromatic heterocycles. The Morgan fingerprint density at radius 3 is 2.92 bits per heavy atom. The van der Waals surface area contributed by atoms with Gasteiger partial charge in [-0.05, 0) is 25.3 Å². The van der Waals surface area contributed by atoms with E-state index in [1.54, 1.807) is 0 Å². The van der Waals surface area contributed by atoms with Gasteiger partial charge in [0, 0.05) is 5.92 Å². The Kier molecular flexibility index (Phi) is 3.06. The van der Waals surface area contributed by atoms with Crippen LogP contribution in [0, 0.1) is 5.92 Å². The van der Waals surface area contributed by atoms with Gasteiger partial charge in [-0.1, -0.05) is 18.2 Å². The van der Waals surface area contributed by atoms with Gasteiger partial charge in [0.2, 0.25) is 0 Å². The van der Waals surface area contributed by atoms with E-state index in [4.69, 9.17) is 5.11 Å². The summed E-state index contributed by atoms with van der Waals surface area (Å²) in [5.41, 5.74) is 1.97. The molecule has 0 unspecified atom stereocenters. The Morgan fingerprint density at radius 2 is 2.42 bits per heavy atom. The molecule has 0 bridgehead atoms. The first-order chi connectivity index (χ1) is 5.65. The van der Waals surface area contributed by atoms with Crippen molar-refractivity contribution < 1.29 is 10.2 Å². The zero-order valence-electron chi connectivity index (χ0n) is 7.45. The summed E-state index contributed by atoms with van der Waals surface area (Å²) in [4.78, 5) is 0. The summed E-state index contributed by atoms with van der Waals surface area (Å²) in [5, 5.41) is 18.4. The van der Waals surface area contributed by atoms with E-state index < -0.39 is 6.10 Å². The van der Waals surface area contributed by atoms with Crippen molar-refractivity contribution in [2.45, 2.75) is 25.9 Å². The van der Waals surface area contributed by atoms with Crippen molar-refractivity contribution in [3.05, 3.63) is 23.8 Å². The molecule has 2 N–H and O–H groups in total. The first-order valence-corrected chi connectivity index (χ1v) is 4.29. The standard InChI is InChI=1S/C10H16O2/c1-7-3-4-9(8(2)6-11)10(12)5-7/h5,9-12H,2-4,6H2,1H3/t9-,10+/m0/s1. The minimum absolute atomic E-state index is 0.0192. The quantitative estimate of drug-likeness (QED) is 0.609. The highest BCUT2D eigenvalue weighted by molar-refractivity contribution is 5.16. The van der Waals surface area contributed by atoms with E-state index in [0.717, 1.165) is 18.4 Å². The first-order valence-electron chi connectivity index (χ1n) is 4.29. The maximum atomic E-state index is 9.59. The highest BCUT2D eigenvalue weighted by Gasteiger charge is 2.23. The van der Waals surface area contributed by atoms with E-state index in [2.05, 4.69) is 6.58 Å². The lowest BCUT2D eigenvalue weighted by Crippen LogP contribution is -2.24. The van der Waals surface area contributed by atoms with Gasteiger partial charge < -0.3 is 10.2 Å². The third-order valence-corrected chi connectivity index (χ3v) is 2.44. The lowest BCUT2D eigenvalue weighted by atomic mass is 9.83. The maximum Gasteiger partial charge on any atom is 0.0789 e. The monoisotopic (exact) mass is 168 g/mol. The lowest BCUT2D eigenvalue weighted by Gasteiger charge is -2.26. The minimum Gasteiger partial charge on any atom is -0.392 e. The fraction of sp³-hybridized carbons (Fsp3) is 0.600. The molecule has 1 aliphatic carbocycles. The molecular weight excluding hydrogens is 152 g/mol. The molecule has 0 saturated carbocycles. The van der Waals surface area contributed by atoms with Crippen LogP contribution in [0.3, 0.4) is 0 Å². The van der Waals surface area contributed by atoms with E-state index in [0.29, 0.717) is 0 Å². The third-order valence-electron chi connectivity index (χ3n) is 2.44. The Bertz CT molecular complexity index is 206. The topological polar surface area (TPSA) is 40.5 Å². The molecule has 0 fully saturated rings. The van der Waals surface area contributed by atoms with Gasteiger partial charge in [-0.2, -0.15) is 0 Å². The van der Waals surface area contributed by atoms with E-state index in [9.17, 15) is 5.11 Å². The van der Waals surface area contributed by atoms with Gasteiger partial charge in [0.05, 0.1) is 12.7 Å².